The molecule has 1 fully saturated rings. The van der Waals surface area contributed by atoms with Crippen molar-refractivity contribution in [2.24, 2.45) is 0 Å². The van der Waals surface area contributed by atoms with Gasteiger partial charge in [-0.2, -0.15) is 0 Å². The van der Waals surface area contributed by atoms with Crippen LogP contribution in [0, 0.1) is 0 Å². The van der Waals surface area contributed by atoms with Crippen molar-refractivity contribution in [3.05, 3.63) is 34.2 Å². The van der Waals surface area contributed by atoms with Crippen LogP contribution in [0.25, 0.3) is 10.1 Å². The lowest BCUT2D eigenvalue weighted by Crippen LogP contribution is -2.34. The highest BCUT2D eigenvalue weighted by atomic mass is 35.5. The van der Waals surface area contributed by atoms with Crippen molar-refractivity contribution in [2.45, 2.75) is 31.8 Å². The number of fused-ring (bicyclic) bond motifs is 1. The lowest BCUT2D eigenvalue weighted by molar-refractivity contribution is 0.339. The first-order valence-corrected chi connectivity index (χ1v) is 6.93. The van der Waals surface area contributed by atoms with Gasteiger partial charge in [0.25, 0.3) is 0 Å². The van der Waals surface area contributed by atoms with Gasteiger partial charge in [0.1, 0.15) is 0 Å². The zero-order valence-electron chi connectivity index (χ0n) is 9.00. The third-order valence-corrected chi connectivity index (χ3v) is 4.66. The standard InChI is InChI=1S/C13H14ClNS/c14-12-5-2-6-13-11(12)7-10(16-13)8-15-9-3-1-4-9/h2,5-7,9,15H,1,3-4,8H2. The molecule has 2 aromatic rings. The van der Waals surface area contributed by atoms with E-state index in [1.165, 1.54) is 34.2 Å². The lowest BCUT2D eigenvalue weighted by atomic mass is 9.93. The van der Waals surface area contributed by atoms with Crippen molar-refractivity contribution in [3.8, 4) is 0 Å². The van der Waals surface area contributed by atoms with Crippen LogP contribution in [0.4, 0.5) is 0 Å². The van der Waals surface area contributed by atoms with Gasteiger partial charge < -0.3 is 5.32 Å². The first-order valence-electron chi connectivity index (χ1n) is 5.73. The average molecular weight is 252 g/mol. The predicted octanol–water partition coefficient (Wildman–Crippen LogP) is 4.20. The van der Waals surface area contributed by atoms with Gasteiger partial charge in [-0.1, -0.05) is 24.1 Å². The molecule has 1 aromatic heterocycles. The van der Waals surface area contributed by atoms with Gasteiger partial charge in [0, 0.05) is 32.6 Å². The van der Waals surface area contributed by atoms with Gasteiger partial charge >= 0.3 is 0 Å². The van der Waals surface area contributed by atoms with Gasteiger partial charge in [-0.25, -0.2) is 0 Å². The van der Waals surface area contributed by atoms with Crippen molar-refractivity contribution < 1.29 is 0 Å². The largest absolute Gasteiger partial charge is 0.309 e. The van der Waals surface area contributed by atoms with Crippen LogP contribution in [0.3, 0.4) is 0 Å². The number of benzene rings is 1. The summed E-state index contributed by atoms with van der Waals surface area (Å²) < 4.78 is 1.29. The Labute approximate surface area is 104 Å². The zero-order chi connectivity index (χ0) is 11.0. The van der Waals surface area contributed by atoms with Crippen LogP contribution >= 0.6 is 22.9 Å². The molecule has 0 aliphatic heterocycles. The van der Waals surface area contributed by atoms with Gasteiger partial charge in [-0.3, -0.25) is 0 Å². The second kappa shape index (κ2) is 4.36. The molecule has 16 heavy (non-hydrogen) atoms. The molecule has 0 atom stereocenters. The van der Waals surface area contributed by atoms with E-state index >= 15 is 0 Å². The molecular formula is C13H14ClNS. The Balaban J connectivity index is 1.79. The van der Waals surface area contributed by atoms with Crippen LogP contribution < -0.4 is 5.32 Å². The van der Waals surface area contributed by atoms with Crippen LogP contribution in [0.5, 0.6) is 0 Å². The fourth-order valence-corrected chi connectivity index (χ4v) is 3.35. The van der Waals surface area contributed by atoms with Gasteiger partial charge in [-0.15, -0.1) is 11.3 Å². The summed E-state index contributed by atoms with van der Waals surface area (Å²) in [5.41, 5.74) is 0. The van der Waals surface area contributed by atoms with Crippen LogP contribution in [0.15, 0.2) is 24.3 Å². The molecule has 84 valence electrons. The van der Waals surface area contributed by atoms with E-state index in [4.69, 9.17) is 11.6 Å². The Morgan fingerprint density at radius 1 is 1.38 bits per heavy atom. The first kappa shape index (κ1) is 10.6. The minimum Gasteiger partial charge on any atom is -0.309 e. The maximum atomic E-state index is 6.16. The van der Waals surface area contributed by atoms with Crippen LogP contribution in [0.1, 0.15) is 24.1 Å². The Morgan fingerprint density at radius 2 is 2.25 bits per heavy atom. The number of thiophene rings is 1. The third kappa shape index (κ3) is 1.97. The summed E-state index contributed by atoms with van der Waals surface area (Å²) in [5, 5.41) is 5.64. The van der Waals surface area contributed by atoms with Crippen molar-refractivity contribution >= 4 is 33.0 Å². The highest BCUT2D eigenvalue weighted by molar-refractivity contribution is 7.19. The topological polar surface area (TPSA) is 12.0 Å². The smallest absolute Gasteiger partial charge is 0.0492 e. The zero-order valence-corrected chi connectivity index (χ0v) is 10.6. The van der Waals surface area contributed by atoms with Crippen molar-refractivity contribution in [1.29, 1.82) is 0 Å². The van der Waals surface area contributed by atoms with Gasteiger partial charge in [0.05, 0.1) is 0 Å². The molecular weight excluding hydrogens is 238 g/mol. The van der Waals surface area contributed by atoms with E-state index in [9.17, 15) is 0 Å². The molecule has 3 rings (SSSR count). The molecule has 0 unspecified atom stereocenters. The van der Waals surface area contributed by atoms with Crippen LogP contribution in [0.2, 0.25) is 5.02 Å². The lowest BCUT2D eigenvalue weighted by Gasteiger charge is -2.26. The summed E-state index contributed by atoms with van der Waals surface area (Å²) in [6.45, 7) is 0.986. The van der Waals surface area contributed by atoms with Crippen LogP contribution in [-0.2, 0) is 6.54 Å². The van der Waals surface area contributed by atoms with E-state index in [1.54, 1.807) is 0 Å². The van der Waals surface area contributed by atoms with Gasteiger partial charge in [-0.05, 0) is 31.0 Å². The molecule has 0 spiro atoms. The van der Waals surface area contributed by atoms with E-state index in [1.807, 2.05) is 23.5 Å². The molecule has 0 saturated heterocycles. The minimum absolute atomic E-state index is 0.751. The minimum atomic E-state index is 0.751. The molecule has 1 aromatic carbocycles. The predicted molar refractivity (Wildman–Crippen MR) is 71.3 cm³/mol. The second-order valence-corrected chi connectivity index (χ2v) is 5.95. The number of halogens is 1. The Morgan fingerprint density at radius 3 is 2.94 bits per heavy atom. The third-order valence-electron chi connectivity index (χ3n) is 3.23. The molecule has 0 radical (unpaired) electrons. The Hall–Kier alpha value is -0.570. The van der Waals surface area contributed by atoms with Crippen molar-refractivity contribution in [2.75, 3.05) is 0 Å². The molecule has 1 aliphatic rings. The molecule has 0 bridgehead atoms. The fourth-order valence-electron chi connectivity index (χ4n) is 2.02. The molecule has 1 heterocycles. The molecule has 0 amide bonds. The van der Waals surface area contributed by atoms with Gasteiger partial charge in [0.15, 0.2) is 0 Å². The van der Waals surface area contributed by atoms with E-state index < -0.39 is 0 Å². The van der Waals surface area contributed by atoms with Crippen molar-refractivity contribution in [1.82, 2.24) is 5.32 Å². The summed E-state index contributed by atoms with van der Waals surface area (Å²) >= 11 is 8.00. The SMILES string of the molecule is Clc1cccc2sc(CNC3CCC3)cc12. The number of rotatable bonds is 3. The second-order valence-electron chi connectivity index (χ2n) is 4.37. The summed E-state index contributed by atoms with van der Waals surface area (Å²) in [4.78, 5) is 1.38. The van der Waals surface area contributed by atoms with Gasteiger partial charge in [0.2, 0.25) is 0 Å². The summed E-state index contributed by atoms with van der Waals surface area (Å²) in [6.07, 6.45) is 4.06. The quantitative estimate of drug-likeness (QED) is 0.862. The van der Waals surface area contributed by atoms with E-state index in [2.05, 4.69) is 17.4 Å². The summed E-state index contributed by atoms with van der Waals surface area (Å²) in [5.74, 6) is 0. The maximum Gasteiger partial charge on any atom is 0.0492 e. The monoisotopic (exact) mass is 251 g/mol. The fraction of sp³-hybridized carbons (Fsp3) is 0.385. The molecule has 1 nitrogen and oxygen atoms in total. The first-order chi connectivity index (χ1) is 7.83. The molecule has 1 aliphatic carbocycles. The number of hydrogen-bond donors (Lipinski definition) is 1. The Kier molecular flexibility index (Phi) is 2.88. The summed E-state index contributed by atoms with van der Waals surface area (Å²) in [6, 6.07) is 9.08. The molecule has 1 N–H and O–H groups in total. The average Bonchev–Trinajstić information content (AvgIpc) is 2.60. The van der Waals surface area contributed by atoms with Crippen molar-refractivity contribution in [3.63, 3.8) is 0 Å². The molecule has 1 saturated carbocycles. The molecule has 3 heteroatoms. The normalized spacial score (nSPS) is 16.6. The maximum absolute atomic E-state index is 6.16. The van der Waals surface area contributed by atoms with E-state index in [0.29, 0.717) is 0 Å². The van der Waals surface area contributed by atoms with Crippen LogP contribution in [-0.4, -0.2) is 6.04 Å². The summed E-state index contributed by atoms with van der Waals surface area (Å²) in [7, 11) is 0. The highest BCUT2D eigenvalue weighted by Gasteiger charge is 2.16. The Bertz CT molecular complexity index is 502. The number of hydrogen-bond acceptors (Lipinski definition) is 2. The van der Waals surface area contributed by atoms with E-state index in [-0.39, 0.29) is 0 Å². The van der Waals surface area contributed by atoms with E-state index in [0.717, 1.165) is 17.6 Å². The highest BCUT2D eigenvalue weighted by Crippen LogP contribution is 2.31. The number of nitrogens with one attached hydrogen (secondary N) is 1.